The summed E-state index contributed by atoms with van der Waals surface area (Å²) in [7, 11) is 0. The predicted octanol–water partition coefficient (Wildman–Crippen LogP) is 4.46. The van der Waals surface area contributed by atoms with E-state index in [0.717, 1.165) is 11.9 Å². The minimum Gasteiger partial charge on any atom is -0.492 e. The Morgan fingerprint density at radius 3 is 2.62 bits per heavy atom. The second-order valence-electron chi connectivity index (χ2n) is 8.02. The van der Waals surface area contributed by atoms with Crippen molar-refractivity contribution in [2.24, 2.45) is 5.92 Å². The molecule has 4 aromatic rings. The zero-order chi connectivity index (χ0) is 22.7. The SMILES string of the molecule is CC(=O)c1ccccc1OCCSc1nnc2n(CCC(C)C)c(=O)c3ccccc3n12. The van der Waals surface area contributed by atoms with Crippen molar-refractivity contribution in [1.82, 2.24) is 19.2 Å². The van der Waals surface area contributed by atoms with Crippen LogP contribution in [-0.4, -0.2) is 37.3 Å². The molecule has 2 heterocycles. The Hall–Kier alpha value is -3.13. The van der Waals surface area contributed by atoms with Crippen LogP contribution < -0.4 is 10.3 Å². The van der Waals surface area contributed by atoms with Gasteiger partial charge in [0.25, 0.3) is 5.56 Å². The number of ether oxygens (including phenoxy) is 1. The van der Waals surface area contributed by atoms with Crippen LogP contribution in [0.15, 0.2) is 58.5 Å². The van der Waals surface area contributed by atoms with Gasteiger partial charge in [0, 0.05) is 12.3 Å². The predicted molar refractivity (Wildman–Crippen MR) is 127 cm³/mol. The number of thioether (sulfide) groups is 1. The van der Waals surface area contributed by atoms with E-state index in [-0.39, 0.29) is 11.3 Å². The maximum absolute atomic E-state index is 13.1. The molecule has 2 aromatic heterocycles. The van der Waals surface area contributed by atoms with Crippen LogP contribution >= 0.6 is 11.8 Å². The topological polar surface area (TPSA) is 78.5 Å². The van der Waals surface area contributed by atoms with E-state index in [1.165, 1.54) is 18.7 Å². The van der Waals surface area contributed by atoms with Gasteiger partial charge in [0.1, 0.15) is 5.75 Å². The number of nitrogens with zero attached hydrogens (tertiary/aromatic N) is 4. The molecule has 0 N–H and O–H groups in total. The number of ketones is 1. The van der Waals surface area contributed by atoms with Crippen molar-refractivity contribution in [1.29, 1.82) is 0 Å². The quantitative estimate of drug-likeness (QED) is 0.213. The highest BCUT2D eigenvalue weighted by atomic mass is 32.2. The average molecular weight is 451 g/mol. The van der Waals surface area contributed by atoms with E-state index in [2.05, 4.69) is 24.0 Å². The summed E-state index contributed by atoms with van der Waals surface area (Å²) >= 11 is 1.51. The first kappa shape index (κ1) is 22.1. The molecule has 8 heteroatoms. The first-order valence-electron chi connectivity index (χ1n) is 10.7. The molecule has 2 aromatic carbocycles. The second kappa shape index (κ2) is 9.56. The summed E-state index contributed by atoms with van der Waals surface area (Å²) in [6, 6.07) is 14.8. The van der Waals surface area contributed by atoms with Crippen LogP contribution in [0.5, 0.6) is 5.75 Å². The van der Waals surface area contributed by atoms with Crippen LogP contribution in [0.4, 0.5) is 0 Å². The number of fused-ring (bicyclic) bond motifs is 3. The van der Waals surface area contributed by atoms with Crippen LogP contribution in [0.1, 0.15) is 37.6 Å². The largest absolute Gasteiger partial charge is 0.492 e. The average Bonchev–Trinajstić information content (AvgIpc) is 3.20. The Bertz CT molecular complexity index is 1330. The Morgan fingerprint density at radius 2 is 1.84 bits per heavy atom. The standard InChI is InChI=1S/C24H26N4O3S/c1-16(2)12-13-27-22(30)19-9-4-6-10-20(19)28-23(27)25-26-24(28)32-15-14-31-21-11-7-5-8-18(21)17(3)29/h4-11,16H,12-15H2,1-3H3. The number of Topliss-reactive ketones (excluding diaryl/α,β-unsaturated/α-hetero) is 1. The number of carbonyl (C=O) groups is 1. The van der Waals surface area contributed by atoms with Crippen molar-refractivity contribution >= 4 is 34.2 Å². The third-order valence-corrected chi connectivity index (χ3v) is 6.14. The van der Waals surface area contributed by atoms with E-state index in [1.807, 2.05) is 40.8 Å². The molecule has 0 fully saturated rings. The molecular weight excluding hydrogens is 424 g/mol. The number of para-hydroxylation sites is 2. The minimum atomic E-state index is -0.0399. The number of benzene rings is 2. The van der Waals surface area contributed by atoms with Gasteiger partial charge in [-0.15, -0.1) is 10.2 Å². The second-order valence-corrected chi connectivity index (χ2v) is 9.09. The molecule has 0 bridgehead atoms. The highest BCUT2D eigenvalue weighted by Crippen LogP contribution is 2.23. The lowest BCUT2D eigenvalue weighted by atomic mass is 10.1. The van der Waals surface area contributed by atoms with Crippen LogP contribution in [0.2, 0.25) is 0 Å². The van der Waals surface area contributed by atoms with Gasteiger partial charge in [0.15, 0.2) is 10.9 Å². The third kappa shape index (κ3) is 4.41. The summed E-state index contributed by atoms with van der Waals surface area (Å²) in [5, 5.41) is 10.1. The number of rotatable bonds is 9. The van der Waals surface area contributed by atoms with E-state index >= 15 is 0 Å². The van der Waals surface area contributed by atoms with Crippen LogP contribution in [0.3, 0.4) is 0 Å². The molecule has 0 unspecified atom stereocenters. The van der Waals surface area contributed by atoms with Crippen molar-refractivity contribution in [3.63, 3.8) is 0 Å². The number of carbonyl (C=O) groups excluding carboxylic acids is 1. The van der Waals surface area contributed by atoms with Crippen molar-refractivity contribution in [3.05, 3.63) is 64.4 Å². The molecule has 0 amide bonds. The molecule has 0 aliphatic rings. The summed E-state index contributed by atoms with van der Waals surface area (Å²) in [5.41, 5.74) is 1.33. The molecule has 166 valence electrons. The highest BCUT2D eigenvalue weighted by molar-refractivity contribution is 7.99. The summed E-state index contributed by atoms with van der Waals surface area (Å²) in [5.74, 6) is 2.20. The van der Waals surface area contributed by atoms with Gasteiger partial charge in [-0.25, -0.2) is 0 Å². The smallest absolute Gasteiger partial charge is 0.262 e. The number of hydrogen-bond acceptors (Lipinski definition) is 6. The van der Waals surface area contributed by atoms with Gasteiger partial charge < -0.3 is 4.74 Å². The Balaban J connectivity index is 1.60. The molecule has 32 heavy (non-hydrogen) atoms. The van der Waals surface area contributed by atoms with Crippen molar-refractivity contribution in [2.75, 3.05) is 12.4 Å². The molecule has 0 radical (unpaired) electrons. The summed E-state index contributed by atoms with van der Waals surface area (Å²) in [6.45, 7) is 6.81. The zero-order valence-electron chi connectivity index (χ0n) is 18.4. The minimum absolute atomic E-state index is 0.0254. The summed E-state index contributed by atoms with van der Waals surface area (Å²) < 4.78 is 9.52. The molecule has 0 saturated heterocycles. The Morgan fingerprint density at radius 1 is 1.09 bits per heavy atom. The molecular formula is C24H26N4O3S. The summed E-state index contributed by atoms with van der Waals surface area (Å²) in [4.78, 5) is 24.9. The van der Waals surface area contributed by atoms with Gasteiger partial charge in [0.2, 0.25) is 5.78 Å². The number of aromatic nitrogens is 4. The zero-order valence-corrected chi connectivity index (χ0v) is 19.3. The Kier molecular flexibility index (Phi) is 6.60. The van der Waals surface area contributed by atoms with Crippen molar-refractivity contribution in [2.45, 2.75) is 38.9 Å². The van der Waals surface area contributed by atoms with Gasteiger partial charge in [-0.3, -0.25) is 18.6 Å². The van der Waals surface area contributed by atoms with Crippen LogP contribution in [0, 0.1) is 5.92 Å². The maximum atomic E-state index is 13.1. The summed E-state index contributed by atoms with van der Waals surface area (Å²) in [6.07, 6.45) is 0.882. The van der Waals surface area contributed by atoms with E-state index in [0.29, 0.717) is 52.5 Å². The van der Waals surface area contributed by atoms with Gasteiger partial charge in [-0.1, -0.05) is 49.9 Å². The highest BCUT2D eigenvalue weighted by Gasteiger charge is 2.17. The third-order valence-electron chi connectivity index (χ3n) is 5.25. The number of hydrogen-bond donors (Lipinski definition) is 0. The van der Waals surface area contributed by atoms with E-state index < -0.39 is 0 Å². The van der Waals surface area contributed by atoms with Gasteiger partial charge in [0.05, 0.1) is 23.1 Å². The van der Waals surface area contributed by atoms with Crippen LogP contribution in [-0.2, 0) is 6.54 Å². The molecule has 0 saturated carbocycles. The fraction of sp³-hybridized carbons (Fsp3) is 0.333. The van der Waals surface area contributed by atoms with Crippen LogP contribution in [0.25, 0.3) is 16.7 Å². The fourth-order valence-corrected chi connectivity index (χ4v) is 4.34. The molecule has 0 aliphatic heterocycles. The first-order chi connectivity index (χ1) is 15.5. The normalized spacial score (nSPS) is 11.5. The maximum Gasteiger partial charge on any atom is 0.262 e. The van der Waals surface area contributed by atoms with E-state index in [9.17, 15) is 9.59 Å². The number of aryl methyl sites for hydroxylation is 1. The lowest BCUT2D eigenvalue weighted by molar-refractivity contribution is 0.101. The van der Waals surface area contributed by atoms with E-state index in [1.54, 1.807) is 16.7 Å². The monoisotopic (exact) mass is 450 g/mol. The van der Waals surface area contributed by atoms with Crippen molar-refractivity contribution in [3.8, 4) is 5.75 Å². The molecule has 0 aliphatic carbocycles. The van der Waals surface area contributed by atoms with Crippen molar-refractivity contribution < 1.29 is 9.53 Å². The molecule has 0 atom stereocenters. The molecule has 0 spiro atoms. The lowest BCUT2D eigenvalue weighted by Gasteiger charge is -2.12. The molecule has 7 nitrogen and oxygen atoms in total. The lowest BCUT2D eigenvalue weighted by Crippen LogP contribution is -2.24. The Labute approximate surface area is 190 Å². The first-order valence-corrected chi connectivity index (χ1v) is 11.7. The van der Waals surface area contributed by atoms with E-state index in [4.69, 9.17) is 4.74 Å². The fourth-order valence-electron chi connectivity index (χ4n) is 3.58. The van der Waals surface area contributed by atoms with Gasteiger partial charge >= 0.3 is 0 Å². The van der Waals surface area contributed by atoms with Gasteiger partial charge in [-0.2, -0.15) is 0 Å². The molecule has 4 rings (SSSR count). The van der Waals surface area contributed by atoms with Gasteiger partial charge in [-0.05, 0) is 43.5 Å².